The highest BCUT2D eigenvalue weighted by Crippen LogP contribution is 2.41. The Kier molecular flexibility index (Phi) is 5.42. The highest BCUT2D eigenvalue weighted by Gasteiger charge is 2.46. The molecular weight excluding hydrogens is 436 g/mol. The summed E-state index contributed by atoms with van der Waals surface area (Å²) in [6.07, 6.45) is 0. The summed E-state index contributed by atoms with van der Waals surface area (Å²) in [4.78, 5) is 27.7. The molecule has 1 aliphatic heterocycles. The normalized spacial score (nSPS) is 17.5. The number of halogens is 2. The number of fused-ring (bicyclic) bond motifs is 1. The van der Waals surface area contributed by atoms with E-state index in [4.69, 9.17) is 0 Å². The van der Waals surface area contributed by atoms with E-state index in [9.17, 15) is 23.5 Å². The van der Waals surface area contributed by atoms with Crippen LogP contribution in [0.3, 0.4) is 0 Å². The van der Waals surface area contributed by atoms with Crippen LogP contribution in [0.1, 0.15) is 22.7 Å². The predicted molar refractivity (Wildman–Crippen MR) is 125 cm³/mol. The fourth-order valence-electron chi connectivity index (χ4n) is 4.40. The Bertz CT molecular complexity index is 1440. The Morgan fingerprint density at radius 1 is 0.794 bits per heavy atom. The maximum absolute atomic E-state index is 13.7. The van der Waals surface area contributed by atoms with Gasteiger partial charge in [0.1, 0.15) is 17.4 Å². The van der Waals surface area contributed by atoms with Crippen molar-refractivity contribution in [2.24, 2.45) is 0 Å². The number of nitrogens with zero attached hydrogens (tertiary/aromatic N) is 1. The molecule has 1 heterocycles. The zero-order valence-electron chi connectivity index (χ0n) is 17.9. The standard InChI is InChI=1S/C28H19F2NO3/c29-20-12-8-17(9-13-20)16-31-25(19-10-14-21(30)15-11-19)24(27(33)28(31)34)26(32)23-7-3-5-18-4-1-2-6-22(18)23/h1-15,25,32H,16H2/b26-24-. The molecule has 34 heavy (non-hydrogen) atoms. The van der Waals surface area contributed by atoms with Gasteiger partial charge in [-0.05, 0) is 46.2 Å². The Morgan fingerprint density at radius 2 is 1.41 bits per heavy atom. The quantitative estimate of drug-likeness (QED) is 0.243. The van der Waals surface area contributed by atoms with Crippen LogP contribution >= 0.6 is 0 Å². The number of rotatable bonds is 4. The van der Waals surface area contributed by atoms with E-state index in [0.717, 1.165) is 10.8 Å². The van der Waals surface area contributed by atoms with Crippen molar-refractivity contribution in [3.63, 3.8) is 0 Å². The molecule has 0 bridgehead atoms. The van der Waals surface area contributed by atoms with E-state index in [1.165, 1.54) is 53.4 Å². The topological polar surface area (TPSA) is 57.6 Å². The first-order chi connectivity index (χ1) is 16.4. The van der Waals surface area contributed by atoms with Gasteiger partial charge in [-0.2, -0.15) is 0 Å². The van der Waals surface area contributed by atoms with Crippen LogP contribution in [0.2, 0.25) is 0 Å². The second-order valence-electron chi connectivity index (χ2n) is 8.13. The van der Waals surface area contributed by atoms with Gasteiger partial charge in [0.2, 0.25) is 0 Å². The lowest BCUT2D eigenvalue weighted by molar-refractivity contribution is -0.140. The molecule has 1 aliphatic rings. The third-order valence-electron chi connectivity index (χ3n) is 6.04. The van der Waals surface area contributed by atoms with E-state index >= 15 is 0 Å². The van der Waals surface area contributed by atoms with Gasteiger partial charge in [-0.15, -0.1) is 0 Å². The van der Waals surface area contributed by atoms with Crippen LogP contribution < -0.4 is 0 Å². The SMILES string of the molecule is O=C1C(=O)N(Cc2ccc(F)cc2)C(c2ccc(F)cc2)/C1=C(/O)c1cccc2ccccc12. The number of aliphatic hydroxyl groups excluding tert-OH is 1. The Hall–Kier alpha value is -4.32. The monoisotopic (exact) mass is 455 g/mol. The summed E-state index contributed by atoms with van der Waals surface area (Å²) >= 11 is 0. The third-order valence-corrected chi connectivity index (χ3v) is 6.04. The number of aliphatic hydroxyl groups is 1. The van der Waals surface area contributed by atoms with Crippen LogP contribution in [0.25, 0.3) is 16.5 Å². The summed E-state index contributed by atoms with van der Waals surface area (Å²) in [6, 6.07) is 22.9. The molecule has 0 saturated carbocycles. The van der Waals surface area contributed by atoms with Gasteiger partial charge in [0, 0.05) is 12.1 Å². The van der Waals surface area contributed by atoms with E-state index in [2.05, 4.69) is 0 Å². The lowest BCUT2D eigenvalue weighted by atomic mass is 9.93. The van der Waals surface area contributed by atoms with E-state index in [-0.39, 0.29) is 17.9 Å². The molecule has 4 nitrogen and oxygen atoms in total. The number of likely N-dealkylation sites (tertiary alicyclic amines) is 1. The molecule has 0 aromatic heterocycles. The zero-order chi connectivity index (χ0) is 23.8. The minimum atomic E-state index is -0.940. The predicted octanol–water partition coefficient (Wildman–Crippen LogP) is 5.74. The first kappa shape index (κ1) is 21.5. The molecule has 0 radical (unpaired) electrons. The first-order valence-corrected chi connectivity index (χ1v) is 10.7. The van der Waals surface area contributed by atoms with Crippen LogP contribution in [0.5, 0.6) is 0 Å². The lowest BCUT2D eigenvalue weighted by Gasteiger charge is -2.25. The maximum Gasteiger partial charge on any atom is 0.295 e. The molecule has 1 saturated heterocycles. The van der Waals surface area contributed by atoms with Crippen molar-refractivity contribution in [1.82, 2.24) is 4.90 Å². The minimum absolute atomic E-state index is 0.0131. The molecule has 1 N–H and O–H groups in total. The fraction of sp³-hybridized carbons (Fsp3) is 0.0714. The first-order valence-electron chi connectivity index (χ1n) is 10.7. The summed E-state index contributed by atoms with van der Waals surface area (Å²) in [5.74, 6) is -2.81. The molecule has 0 spiro atoms. The minimum Gasteiger partial charge on any atom is -0.507 e. The van der Waals surface area contributed by atoms with Gasteiger partial charge >= 0.3 is 0 Å². The van der Waals surface area contributed by atoms with E-state index < -0.39 is 29.4 Å². The van der Waals surface area contributed by atoms with Crippen LogP contribution in [0.4, 0.5) is 8.78 Å². The molecule has 1 amide bonds. The molecule has 4 aromatic rings. The largest absolute Gasteiger partial charge is 0.507 e. The highest BCUT2D eigenvalue weighted by molar-refractivity contribution is 6.46. The van der Waals surface area contributed by atoms with Crippen molar-refractivity contribution >= 4 is 28.2 Å². The number of benzene rings is 4. The van der Waals surface area contributed by atoms with E-state index in [1.807, 2.05) is 30.3 Å². The lowest BCUT2D eigenvalue weighted by Crippen LogP contribution is -2.29. The number of hydrogen-bond acceptors (Lipinski definition) is 3. The van der Waals surface area contributed by atoms with Crippen LogP contribution in [-0.2, 0) is 16.1 Å². The molecule has 1 atom stereocenters. The number of carbonyl (C=O) groups excluding carboxylic acids is 2. The van der Waals surface area contributed by atoms with Gasteiger partial charge in [-0.25, -0.2) is 8.78 Å². The van der Waals surface area contributed by atoms with Crippen molar-refractivity contribution in [3.8, 4) is 0 Å². The molecule has 5 rings (SSSR count). The number of amides is 1. The molecule has 1 fully saturated rings. The van der Waals surface area contributed by atoms with Gasteiger partial charge in [0.15, 0.2) is 0 Å². The molecule has 168 valence electrons. The van der Waals surface area contributed by atoms with Crippen molar-refractivity contribution in [2.45, 2.75) is 12.6 Å². The number of hydrogen-bond donors (Lipinski definition) is 1. The number of ketones is 1. The molecule has 0 aliphatic carbocycles. The highest BCUT2D eigenvalue weighted by atomic mass is 19.1. The van der Waals surface area contributed by atoms with Gasteiger partial charge in [-0.3, -0.25) is 9.59 Å². The summed E-state index contributed by atoms with van der Waals surface area (Å²) < 4.78 is 27.1. The fourth-order valence-corrected chi connectivity index (χ4v) is 4.40. The van der Waals surface area contributed by atoms with Crippen molar-refractivity contribution in [1.29, 1.82) is 0 Å². The maximum atomic E-state index is 13.7. The number of carbonyl (C=O) groups is 2. The zero-order valence-corrected chi connectivity index (χ0v) is 17.9. The van der Waals surface area contributed by atoms with E-state index in [0.29, 0.717) is 16.7 Å². The summed E-state index contributed by atoms with van der Waals surface area (Å²) in [6.45, 7) is 0.0131. The summed E-state index contributed by atoms with van der Waals surface area (Å²) in [5.41, 5.74) is 1.44. The van der Waals surface area contributed by atoms with Gasteiger partial charge < -0.3 is 10.0 Å². The van der Waals surface area contributed by atoms with Gasteiger partial charge in [-0.1, -0.05) is 66.7 Å². The van der Waals surface area contributed by atoms with Crippen LogP contribution in [0, 0.1) is 11.6 Å². The Labute approximate surface area is 194 Å². The molecule has 4 aromatic carbocycles. The molecular formula is C28H19F2NO3. The van der Waals surface area contributed by atoms with Crippen molar-refractivity contribution in [3.05, 3.63) is 125 Å². The molecule has 6 heteroatoms. The second-order valence-corrected chi connectivity index (χ2v) is 8.13. The number of Topliss-reactive ketones (excluding diaryl/α,β-unsaturated/α-hetero) is 1. The van der Waals surface area contributed by atoms with Gasteiger partial charge in [0.25, 0.3) is 11.7 Å². The van der Waals surface area contributed by atoms with Crippen LogP contribution in [0.15, 0.2) is 96.6 Å². The van der Waals surface area contributed by atoms with Crippen molar-refractivity contribution in [2.75, 3.05) is 0 Å². The molecule has 1 unspecified atom stereocenters. The smallest absolute Gasteiger partial charge is 0.295 e. The summed E-state index contributed by atoms with van der Waals surface area (Å²) in [5, 5.41) is 13.0. The average molecular weight is 455 g/mol. The van der Waals surface area contributed by atoms with E-state index in [1.54, 1.807) is 12.1 Å². The van der Waals surface area contributed by atoms with Crippen molar-refractivity contribution < 1.29 is 23.5 Å². The second kappa shape index (κ2) is 8.56. The Balaban J connectivity index is 1.69. The Morgan fingerprint density at radius 3 is 2.12 bits per heavy atom. The average Bonchev–Trinajstić information content (AvgIpc) is 3.10. The summed E-state index contributed by atoms with van der Waals surface area (Å²) in [7, 11) is 0. The van der Waals surface area contributed by atoms with Crippen LogP contribution in [-0.4, -0.2) is 21.7 Å². The third kappa shape index (κ3) is 3.73. The van der Waals surface area contributed by atoms with Gasteiger partial charge in [0.05, 0.1) is 11.6 Å².